The Morgan fingerprint density at radius 3 is 2.50 bits per heavy atom. The minimum atomic E-state index is 0.0776. The normalized spacial score (nSPS) is 12.1. The number of nitrogens with zero attached hydrogens (tertiary/aromatic N) is 2. The van der Waals surface area contributed by atoms with Crippen LogP contribution in [0.1, 0.15) is 62.3 Å². The minimum absolute atomic E-state index is 0.0776. The van der Waals surface area contributed by atoms with Crippen LogP contribution in [0.25, 0.3) is 0 Å². The first-order valence-corrected chi connectivity index (χ1v) is 10.0. The lowest BCUT2D eigenvalue weighted by Crippen LogP contribution is -2.08. The number of hydrogen-bond acceptors (Lipinski definition) is 3. The van der Waals surface area contributed by atoms with Crippen molar-refractivity contribution in [3.05, 3.63) is 76.5 Å². The Kier molecular flexibility index (Phi) is 10.4. The van der Waals surface area contributed by atoms with Gasteiger partial charge in [-0.1, -0.05) is 50.3 Å². The van der Waals surface area contributed by atoms with Gasteiger partial charge in [-0.05, 0) is 62.1 Å². The molecule has 0 aliphatic rings. The average molecular weight is 376 g/mol. The third kappa shape index (κ3) is 6.09. The lowest BCUT2D eigenvalue weighted by atomic mass is 9.84. The van der Waals surface area contributed by atoms with Crippen molar-refractivity contribution >= 4 is 11.9 Å². The van der Waals surface area contributed by atoms with E-state index in [1.807, 2.05) is 40.0 Å². The van der Waals surface area contributed by atoms with Crippen molar-refractivity contribution in [1.29, 1.82) is 5.26 Å². The molecule has 0 amide bonds. The third-order valence-electron chi connectivity index (χ3n) is 4.61. The molecule has 0 bridgehead atoms. The summed E-state index contributed by atoms with van der Waals surface area (Å²) < 4.78 is 0. The highest BCUT2D eigenvalue weighted by Crippen LogP contribution is 2.36. The maximum absolute atomic E-state index is 8.74. The van der Waals surface area contributed by atoms with E-state index in [2.05, 4.69) is 72.7 Å². The summed E-state index contributed by atoms with van der Waals surface area (Å²) in [4.78, 5) is 4.64. The Balaban J connectivity index is 0.00000190. The molecule has 2 aromatic carbocycles. The molecule has 3 heteroatoms. The van der Waals surface area contributed by atoms with Crippen LogP contribution in [0.15, 0.2) is 59.2 Å². The second-order valence-electron chi connectivity index (χ2n) is 6.28. The van der Waals surface area contributed by atoms with Crippen LogP contribution >= 0.6 is 0 Å². The highest BCUT2D eigenvalue weighted by atomic mass is 14.9. The molecule has 2 rings (SSSR count). The first-order chi connectivity index (χ1) is 13.6. The van der Waals surface area contributed by atoms with Gasteiger partial charge in [0.25, 0.3) is 0 Å². The summed E-state index contributed by atoms with van der Waals surface area (Å²) >= 11 is 0. The molecule has 0 aliphatic heterocycles. The van der Waals surface area contributed by atoms with Gasteiger partial charge in [0.2, 0.25) is 0 Å². The number of aliphatic imine (C=N–C) groups is 1. The summed E-state index contributed by atoms with van der Waals surface area (Å²) in [5, 5.41) is 12.1. The van der Waals surface area contributed by atoms with E-state index in [1.54, 1.807) is 0 Å². The van der Waals surface area contributed by atoms with Gasteiger partial charge < -0.3 is 5.32 Å². The fourth-order valence-corrected chi connectivity index (χ4v) is 3.15. The third-order valence-corrected chi connectivity index (χ3v) is 4.61. The first kappa shape index (κ1) is 23.2. The van der Waals surface area contributed by atoms with Gasteiger partial charge in [0.05, 0.1) is 18.4 Å². The molecule has 1 unspecified atom stereocenters. The van der Waals surface area contributed by atoms with Crippen molar-refractivity contribution < 1.29 is 0 Å². The molecule has 28 heavy (non-hydrogen) atoms. The molecule has 3 nitrogen and oxygen atoms in total. The van der Waals surface area contributed by atoms with Crippen LogP contribution in [0, 0.1) is 25.2 Å². The molecule has 0 aliphatic carbocycles. The molecule has 0 saturated carbocycles. The van der Waals surface area contributed by atoms with Crippen LogP contribution in [0.2, 0.25) is 0 Å². The lowest BCUT2D eigenvalue weighted by molar-refractivity contribution is 0.911. The summed E-state index contributed by atoms with van der Waals surface area (Å²) in [5.74, 6) is 0.0776. The van der Waals surface area contributed by atoms with Gasteiger partial charge in [-0.2, -0.15) is 5.26 Å². The molecule has 148 valence electrons. The van der Waals surface area contributed by atoms with Gasteiger partial charge in [-0.3, -0.25) is 4.99 Å². The van der Waals surface area contributed by atoms with Crippen molar-refractivity contribution in [1.82, 2.24) is 0 Å². The molecule has 0 fully saturated rings. The minimum Gasteiger partial charge on any atom is -0.384 e. The molecular weight excluding hydrogens is 342 g/mol. The first-order valence-electron chi connectivity index (χ1n) is 10.0. The molecule has 0 saturated heterocycles. The van der Waals surface area contributed by atoms with Crippen molar-refractivity contribution in [2.45, 2.75) is 53.9 Å². The van der Waals surface area contributed by atoms with Gasteiger partial charge in [0.1, 0.15) is 0 Å². The lowest BCUT2D eigenvalue weighted by Gasteiger charge is -2.22. The second-order valence-corrected chi connectivity index (χ2v) is 6.28. The van der Waals surface area contributed by atoms with Crippen molar-refractivity contribution in [2.75, 3.05) is 11.9 Å². The van der Waals surface area contributed by atoms with Crippen LogP contribution in [-0.2, 0) is 0 Å². The van der Waals surface area contributed by atoms with Gasteiger partial charge in [0.15, 0.2) is 0 Å². The van der Waals surface area contributed by atoms with E-state index in [0.717, 1.165) is 11.4 Å². The predicted molar refractivity (Wildman–Crippen MR) is 122 cm³/mol. The molecule has 0 heterocycles. The highest BCUT2D eigenvalue weighted by molar-refractivity contribution is 5.58. The Hall–Kier alpha value is -2.86. The topological polar surface area (TPSA) is 48.2 Å². The van der Waals surface area contributed by atoms with Gasteiger partial charge >= 0.3 is 0 Å². The van der Waals surface area contributed by atoms with Gasteiger partial charge in [-0.25, -0.2) is 0 Å². The van der Waals surface area contributed by atoms with Crippen molar-refractivity contribution in [2.24, 2.45) is 4.99 Å². The van der Waals surface area contributed by atoms with Crippen LogP contribution in [-0.4, -0.2) is 12.8 Å². The van der Waals surface area contributed by atoms with E-state index < -0.39 is 0 Å². The SMILES string of the molecule is CC.CC=N/C(=C\C)C(c1cccc(NCCC#N)c1)c1cccc(C)c1C. The summed E-state index contributed by atoms with van der Waals surface area (Å²) in [7, 11) is 0. The Bertz CT molecular complexity index is 841. The zero-order valence-electron chi connectivity index (χ0n) is 18.1. The highest BCUT2D eigenvalue weighted by Gasteiger charge is 2.21. The monoisotopic (exact) mass is 375 g/mol. The Labute approximate surface area is 170 Å². The number of rotatable bonds is 7. The number of hydrogen-bond donors (Lipinski definition) is 1. The molecule has 0 aromatic heterocycles. The molecule has 2 aromatic rings. The fourth-order valence-electron chi connectivity index (χ4n) is 3.15. The number of benzene rings is 2. The number of allylic oxidation sites excluding steroid dienone is 2. The van der Waals surface area contributed by atoms with E-state index >= 15 is 0 Å². The van der Waals surface area contributed by atoms with Crippen LogP contribution < -0.4 is 5.32 Å². The van der Waals surface area contributed by atoms with Gasteiger partial charge in [-0.15, -0.1) is 0 Å². The zero-order valence-corrected chi connectivity index (χ0v) is 18.1. The van der Waals surface area contributed by atoms with E-state index in [0.29, 0.717) is 13.0 Å². The van der Waals surface area contributed by atoms with Gasteiger partial charge in [0, 0.05) is 24.1 Å². The zero-order chi connectivity index (χ0) is 20.9. The molecule has 0 spiro atoms. The molecular formula is C25H33N3. The Morgan fingerprint density at radius 1 is 1.14 bits per heavy atom. The van der Waals surface area contributed by atoms with Crippen LogP contribution in [0.5, 0.6) is 0 Å². The summed E-state index contributed by atoms with van der Waals surface area (Å²) in [6.07, 6.45) is 4.43. The largest absolute Gasteiger partial charge is 0.384 e. The van der Waals surface area contributed by atoms with E-state index in [9.17, 15) is 0 Å². The van der Waals surface area contributed by atoms with E-state index in [1.165, 1.54) is 22.3 Å². The quantitative estimate of drug-likeness (QED) is 0.428. The second kappa shape index (κ2) is 12.5. The van der Waals surface area contributed by atoms with Crippen LogP contribution in [0.3, 0.4) is 0 Å². The summed E-state index contributed by atoms with van der Waals surface area (Å²) in [5.41, 5.74) is 7.12. The standard InChI is InChI=1S/C23H27N3.C2H6/c1-5-22(25-6-2)23(21-13-7-10-17(3)18(21)4)19-11-8-12-20(16-19)26-15-9-14-24;1-2/h5-8,10-13,16,23,26H,9,15H2,1-4H3;1-2H3/b22-5-,25-6?;. The summed E-state index contributed by atoms with van der Waals surface area (Å²) in [6.45, 7) is 13.0. The number of nitrogens with one attached hydrogen (secondary N) is 1. The Morgan fingerprint density at radius 2 is 1.86 bits per heavy atom. The number of anilines is 1. The summed E-state index contributed by atoms with van der Waals surface area (Å²) in [6, 6.07) is 17.0. The maximum atomic E-state index is 8.74. The van der Waals surface area contributed by atoms with Crippen molar-refractivity contribution in [3.63, 3.8) is 0 Å². The molecule has 1 atom stereocenters. The maximum Gasteiger partial charge on any atom is 0.0640 e. The average Bonchev–Trinajstić information content (AvgIpc) is 2.72. The number of aryl methyl sites for hydroxylation is 1. The number of nitriles is 1. The predicted octanol–water partition coefficient (Wildman–Crippen LogP) is 6.78. The molecule has 0 radical (unpaired) electrons. The molecule has 1 N–H and O–H groups in total. The smallest absolute Gasteiger partial charge is 0.0640 e. The van der Waals surface area contributed by atoms with E-state index in [-0.39, 0.29) is 5.92 Å². The van der Waals surface area contributed by atoms with Crippen LogP contribution in [0.4, 0.5) is 5.69 Å². The van der Waals surface area contributed by atoms with Crippen molar-refractivity contribution in [3.8, 4) is 6.07 Å². The van der Waals surface area contributed by atoms with E-state index in [4.69, 9.17) is 5.26 Å². The fraction of sp³-hybridized carbons (Fsp3) is 0.360.